The molecule has 0 radical (unpaired) electrons. The lowest BCUT2D eigenvalue weighted by atomic mass is 10.0. The van der Waals surface area contributed by atoms with Crippen LogP contribution in [0, 0.1) is 0 Å². The summed E-state index contributed by atoms with van der Waals surface area (Å²) >= 11 is 0. The minimum Gasteiger partial charge on any atom is -0.395 e. The molecule has 0 heterocycles. The second-order valence-corrected chi connectivity index (χ2v) is 7.17. The molecule has 140 valence electrons. The Morgan fingerprint density at radius 2 is 1.17 bits per heavy atom. The second kappa shape index (κ2) is 18.2. The van der Waals surface area contributed by atoms with Crippen molar-refractivity contribution in [1.82, 2.24) is 4.90 Å². The minimum atomic E-state index is -0.237. The van der Waals surface area contributed by atoms with Crippen molar-refractivity contribution in [3.63, 3.8) is 0 Å². The number of likely N-dealkylation sites (N-methyl/N-ethyl adjacent to an activating group) is 1. The predicted molar refractivity (Wildman–Crippen MR) is 101 cm³/mol. The molecule has 23 heavy (non-hydrogen) atoms. The monoisotopic (exact) mass is 329 g/mol. The fraction of sp³-hybridized carbons (Fsp3) is 1.00. The Labute approximate surface area is 145 Å². The summed E-state index contributed by atoms with van der Waals surface area (Å²) in [5, 5.41) is 18.7. The molecule has 0 aromatic rings. The van der Waals surface area contributed by atoms with Gasteiger partial charge >= 0.3 is 0 Å². The zero-order valence-electron chi connectivity index (χ0n) is 15.9. The second-order valence-electron chi connectivity index (χ2n) is 7.17. The zero-order chi connectivity index (χ0) is 17.2. The SMILES string of the molecule is CCCCCCCCCCCCCCC[C@H](O)CN(C)CCO. The molecule has 0 aromatic heterocycles. The Hall–Kier alpha value is -0.120. The zero-order valence-corrected chi connectivity index (χ0v) is 15.9. The highest BCUT2D eigenvalue weighted by atomic mass is 16.3. The summed E-state index contributed by atoms with van der Waals surface area (Å²) in [6.07, 6.45) is 18.4. The lowest BCUT2D eigenvalue weighted by Gasteiger charge is -2.19. The first-order valence-electron chi connectivity index (χ1n) is 10.2. The van der Waals surface area contributed by atoms with E-state index in [0.717, 1.165) is 12.8 Å². The summed E-state index contributed by atoms with van der Waals surface area (Å²) in [7, 11) is 1.95. The van der Waals surface area contributed by atoms with Gasteiger partial charge in [-0.1, -0.05) is 90.4 Å². The topological polar surface area (TPSA) is 43.7 Å². The van der Waals surface area contributed by atoms with Crippen LogP contribution in [0.25, 0.3) is 0 Å². The highest BCUT2D eigenvalue weighted by molar-refractivity contribution is 4.61. The largest absolute Gasteiger partial charge is 0.395 e. The van der Waals surface area contributed by atoms with E-state index in [2.05, 4.69) is 6.92 Å². The maximum Gasteiger partial charge on any atom is 0.0667 e. The lowest BCUT2D eigenvalue weighted by Crippen LogP contribution is -2.31. The standard InChI is InChI=1S/C20H43NO2/c1-3-4-5-6-7-8-9-10-11-12-13-14-15-16-20(23)19-21(2)17-18-22/h20,22-23H,3-19H2,1-2H3/t20-/m0/s1. The molecule has 0 aromatic carbocycles. The van der Waals surface area contributed by atoms with Crippen molar-refractivity contribution < 1.29 is 10.2 Å². The van der Waals surface area contributed by atoms with Gasteiger partial charge in [-0.15, -0.1) is 0 Å². The summed E-state index contributed by atoms with van der Waals surface area (Å²) in [6.45, 7) is 3.77. The maximum atomic E-state index is 9.90. The number of rotatable bonds is 18. The average molecular weight is 330 g/mol. The molecule has 0 aliphatic heterocycles. The van der Waals surface area contributed by atoms with E-state index in [9.17, 15) is 5.11 Å². The van der Waals surface area contributed by atoms with Crippen molar-refractivity contribution in [3.8, 4) is 0 Å². The van der Waals surface area contributed by atoms with Crippen LogP contribution in [-0.4, -0.2) is 48.0 Å². The van der Waals surface area contributed by atoms with E-state index >= 15 is 0 Å². The molecule has 0 spiro atoms. The lowest BCUT2D eigenvalue weighted by molar-refractivity contribution is 0.105. The summed E-state index contributed by atoms with van der Waals surface area (Å²) in [4.78, 5) is 1.99. The van der Waals surface area contributed by atoms with Crippen LogP contribution in [0.3, 0.4) is 0 Å². The van der Waals surface area contributed by atoms with Crippen LogP contribution in [-0.2, 0) is 0 Å². The molecule has 0 saturated heterocycles. The van der Waals surface area contributed by atoms with E-state index in [0.29, 0.717) is 13.1 Å². The highest BCUT2D eigenvalue weighted by Crippen LogP contribution is 2.13. The van der Waals surface area contributed by atoms with Gasteiger partial charge in [0.15, 0.2) is 0 Å². The number of unbranched alkanes of at least 4 members (excludes halogenated alkanes) is 12. The molecule has 3 nitrogen and oxygen atoms in total. The van der Waals surface area contributed by atoms with E-state index in [-0.39, 0.29) is 12.7 Å². The highest BCUT2D eigenvalue weighted by Gasteiger charge is 2.07. The van der Waals surface area contributed by atoms with E-state index in [4.69, 9.17) is 5.11 Å². The average Bonchev–Trinajstić information content (AvgIpc) is 2.52. The van der Waals surface area contributed by atoms with Crippen LogP contribution in [0.4, 0.5) is 0 Å². The van der Waals surface area contributed by atoms with Gasteiger partial charge < -0.3 is 15.1 Å². The number of aliphatic hydroxyl groups excluding tert-OH is 2. The third kappa shape index (κ3) is 18.1. The Balaban J connectivity index is 3.15. The molecule has 0 aliphatic carbocycles. The van der Waals surface area contributed by atoms with Crippen molar-refractivity contribution in [2.24, 2.45) is 0 Å². The Morgan fingerprint density at radius 1 is 0.739 bits per heavy atom. The maximum absolute atomic E-state index is 9.90. The molecule has 2 N–H and O–H groups in total. The van der Waals surface area contributed by atoms with Crippen LogP contribution in [0.15, 0.2) is 0 Å². The van der Waals surface area contributed by atoms with Crippen molar-refractivity contribution in [1.29, 1.82) is 0 Å². The number of aliphatic hydroxyl groups is 2. The quantitative estimate of drug-likeness (QED) is 0.357. The van der Waals surface area contributed by atoms with Gasteiger partial charge in [-0.25, -0.2) is 0 Å². The molecule has 0 saturated carbocycles. The van der Waals surface area contributed by atoms with Gasteiger partial charge in [-0.2, -0.15) is 0 Å². The first-order valence-corrected chi connectivity index (χ1v) is 10.2. The fourth-order valence-electron chi connectivity index (χ4n) is 3.11. The first kappa shape index (κ1) is 22.9. The number of hydrogen-bond acceptors (Lipinski definition) is 3. The Bertz CT molecular complexity index is 224. The summed E-state index contributed by atoms with van der Waals surface area (Å²) in [6, 6.07) is 0. The molecule has 0 aliphatic rings. The first-order chi connectivity index (χ1) is 11.2. The minimum absolute atomic E-state index is 0.169. The molecule has 0 bridgehead atoms. The van der Waals surface area contributed by atoms with Crippen molar-refractivity contribution in [3.05, 3.63) is 0 Å². The van der Waals surface area contributed by atoms with E-state index < -0.39 is 0 Å². The third-order valence-electron chi connectivity index (χ3n) is 4.65. The van der Waals surface area contributed by atoms with Crippen molar-refractivity contribution >= 4 is 0 Å². The van der Waals surface area contributed by atoms with Crippen LogP contribution < -0.4 is 0 Å². The molecular formula is C20H43NO2. The van der Waals surface area contributed by atoms with Gasteiger partial charge in [0, 0.05) is 13.1 Å². The summed E-state index contributed by atoms with van der Waals surface area (Å²) in [5.41, 5.74) is 0. The van der Waals surface area contributed by atoms with E-state index in [1.54, 1.807) is 0 Å². The Morgan fingerprint density at radius 3 is 1.61 bits per heavy atom. The molecule has 0 rings (SSSR count). The summed E-state index contributed by atoms with van der Waals surface area (Å²) in [5.74, 6) is 0. The van der Waals surface area contributed by atoms with Crippen LogP contribution >= 0.6 is 0 Å². The molecule has 0 amide bonds. The van der Waals surface area contributed by atoms with Gasteiger partial charge in [0.2, 0.25) is 0 Å². The molecule has 1 atom stereocenters. The molecule has 0 unspecified atom stereocenters. The van der Waals surface area contributed by atoms with Crippen LogP contribution in [0.2, 0.25) is 0 Å². The van der Waals surface area contributed by atoms with E-state index in [1.807, 2.05) is 11.9 Å². The van der Waals surface area contributed by atoms with Gasteiger partial charge in [0.25, 0.3) is 0 Å². The number of nitrogens with zero attached hydrogens (tertiary/aromatic N) is 1. The smallest absolute Gasteiger partial charge is 0.0667 e. The molecule has 3 heteroatoms. The number of hydrogen-bond donors (Lipinski definition) is 2. The van der Waals surface area contributed by atoms with Gasteiger partial charge in [0.1, 0.15) is 0 Å². The van der Waals surface area contributed by atoms with Crippen molar-refractivity contribution in [2.45, 2.75) is 103 Å². The predicted octanol–water partition coefficient (Wildman–Crippen LogP) is 4.75. The fourth-order valence-corrected chi connectivity index (χ4v) is 3.11. The normalized spacial score (nSPS) is 12.9. The van der Waals surface area contributed by atoms with Crippen molar-refractivity contribution in [2.75, 3.05) is 26.7 Å². The van der Waals surface area contributed by atoms with E-state index in [1.165, 1.54) is 77.0 Å². The summed E-state index contributed by atoms with van der Waals surface area (Å²) < 4.78 is 0. The molecular weight excluding hydrogens is 286 g/mol. The van der Waals surface area contributed by atoms with Crippen LogP contribution in [0.5, 0.6) is 0 Å². The van der Waals surface area contributed by atoms with Gasteiger partial charge in [0.05, 0.1) is 12.7 Å². The Kier molecular flexibility index (Phi) is 18.1. The van der Waals surface area contributed by atoms with Gasteiger partial charge in [-0.3, -0.25) is 0 Å². The van der Waals surface area contributed by atoms with Gasteiger partial charge in [-0.05, 0) is 13.5 Å². The molecule has 0 fully saturated rings. The van der Waals surface area contributed by atoms with Crippen LogP contribution in [0.1, 0.15) is 96.8 Å². The third-order valence-corrected chi connectivity index (χ3v) is 4.65.